The highest BCUT2D eigenvalue weighted by molar-refractivity contribution is 5.54. The molecule has 4 heteroatoms. The van der Waals surface area contributed by atoms with Crippen LogP contribution in [0, 0.1) is 5.41 Å². The highest BCUT2D eigenvalue weighted by Gasteiger charge is 2.24. The van der Waals surface area contributed by atoms with Crippen LogP contribution in [-0.4, -0.2) is 24.2 Å². The number of nitrogen functional groups attached to an aromatic ring is 1. The normalized spacial score (nSPS) is 18.9. The molecule has 2 N–H and O–H groups in total. The average molecular weight is 277 g/mol. The first kappa shape index (κ1) is 14.9. The Bertz CT molecular complexity index is 457. The molecule has 1 aromatic rings. The Morgan fingerprint density at radius 2 is 2.00 bits per heavy atom. The van der Waals surface area contributed by atoms with E-state index < -0.39 is 0 Å². The van der Waals surface area contributed by atoms with E-state index in [1.807, 2.05) is 26.0 Å². The maximum Gasteiger partial charge on any atom is 0.239 e. The van der Waals surface area contributed by atoms with Crippen molar-refractivity contribution in [3.63, 3.8) is 0 Å². The van der Waals surface area contributed by atoms with E-state index in [0.29, 0.717) is 17.0 Å². The first-order valence-corrected chi connectivity index (χ1v) is 7.55. The lowest BCUT2D eigenvalue weighted by Gasteiger charge is -2.24. The second-order valence-corrected chi connectivity index (χ2v) is 6.74. The SMILES string of the molecule is CC(C)Oc1nc(N2CCCC(C)(C)CC2)ccc1N. The molecule has 0 amide bonds. The van der Waals surface area contributed by atoms with Gasteiger partial charge in [0.15, 0.2) is 0 Å². The molecule has 1 aromatic heterocycles. The third kappa shape index (κ3) is 3.78. The van der Waals surface area contributed by atoms with Crippen molar-refractivity contribution in [2.24, 2.45) is 5.41 Å². The molecule has 4 nitrogen and oxygen atoms in total. The third-order valence-corrected chi connectivity index (χ3v) is 3.89. The number of rotatable bonds is 3. The maximum atomic E-state index is 5.94. The summed E-state index contributed by atoms with van der Waals surface area (Å²) in [4.78, 5) is 6.95. The zero-order valence-electron chi connectivity index (χ0n) is 13.1. The molecule has 112 valence electrons. The van der Waals surface area contributed by atoms with E-state index in [-0.39, 0.29) is 6.10 Å². The molecule has 0 radical (unpaired) electrons. The van der Waals surface area contributed by atoms with E-state index in [2.05, 4.69) is 23.7 Å². The van der Waals surface area contributed by atoms with Gasteiger partial charge in [0.1, 0.15) is 5.82 Å². The molecular formula is C16H27N3O. The lowest BCUT2D eigenvalue weighted by Crippen LogP contribution is -2.26. The van der Waals surface area contributed by atoms with Gasteiger partial charge in [-0.25, -0.2) is 0 Å². The molecule has 1 saturated heterocycles. The summed E-state index contributed by atoms with van der Waals surface area (Å²) in [6.07, 6.45) is 3.76. The van der Waals surface area contributed by atoms with Crippen LogP contribution in [0.5, 0.6) is 5.88 Å². The quantitative estimate of drug-likeness (QED) is 0.919. The molecule has 1 aliphatic heterocycles. The van der Waals surface area contributed by atoms with Crippen molar-refractivity contribution in [2.75, 3.05) is 23.7 Å². The van der Waals surface area contributed by atoms with Crippen LogP contribution in [0.4, 0.5) is 11.5 Å². The number of nitrogens with zero attached hydrogens (tertiary/aromatic N) is 2. The standard InChI is InChI=1S/C16H27N3O/c1-12(2)20-15-13(17)6-7-14(18-15)19-10-5-8-16(3,4)9-11-19/h6-7,12H,5,8-11,17H2,1-4H3. The average Bonchev–Trinajstić information content (AvgIpc) is 2.53. The van der Waals surface area contributed by atoms with Gasteiger partial charge in [0.25, 0.3) is 0 Å². The van der Waals surface area contributed by atoms with Crippen LogP contribution in [0.15, 0.2) is 12.1 Å². The molecule has 0 unspecified atom stereocenters. The monoisotopic (exact) mass is 277 g/mol. The van der Waals surface area contributed by atoms with Crippen molar-refractivity contribution in [2.45, 2.75) is 53.1 Å². The van der Waals surface area contributed by atoms with Gasteiger partial charge in [-0.15, -0.1) is 0 Å². The Morgan fingerprint density at radius 1 is 1.25 bits per heavy atom. The predicted molar refractivity (Wildman–Crippen MR) is 84.3 cm³/mol. The molecule has 0 aromatic carbocycles. The minimum absolute atomic E-state index is 0.0862. The Balaban J connectivity index is 2.16. The number of nitrogens with two attached hydrogens (primary N) is 1. The van der Waals surface area contributed by atoms with Crippen molar-refractivity contribution >= 4 is 11.5 Å². The molecule has 0 saturated carbocycles. The minimum atomic E-state index is 0.0862. The van der Waals surface area contributed by atoms with Gasteiger partial charge in [-0.2, -0.15) is 4.98 Å². The van der Waals surface area contributed by atoms with E-state index in [9.17, 15) is 0 Å². The number of anilines is 2. The lowest BCUT2D eigenvalue weighted by molar-refractivity contribution is 0.234. The topological polar surface area (TPSA) is 51.4 Å². The second kappa shape index (κ2) is 5.90. The zero-order chi connectivity index (χ0) is 14.8. The summed E-state index contributed by atoms with van der Waals surface area (Å²) in [6.45, 7) is 10.8. The van der Waals surface area contributed by atoms with E-state index in [4.69, 9.17) is 10.5 Å². The zero-order valence-corrected chi connectivity index (χ0v) is 13.1. The summed E-state index contributed by atoms with van der Waals surface area (Å²) in [6, 6.07) is 3.90. The fraction of sp³-hybridized carbons (Fsp3) is 0.688. The summed E-state index contributed by atoms with van der Waals surface area (Å²) in [5, 5.41) is 0. The molecule has 0 aliphatic carbocycles. The van der Waals surface area contributed by atoms with Crippen LogP contribution in [-0.2, 0) is 0 Å². The summed E-state index contributed by atoms with van der Waals surface area (Å²) in [5.41, 5.74) is 6.97. The van der Waals surface area contributed by atoms with Crippen LogP contribution in [0.25, 0.3) is 0 Å². The van der Waals surface area contributed by atoms with Crippen LogP contribution >= 0.6 is 0 Å². The number of pyridine rings is 1. The fourth-order valence-corrected chi connectivity index (χ4v) is 2.59. The molecule has 1 fully saturated rings. The number of ether oxygens (including phenoxy) is 1. The number of hydrogen-bond donors (Lipinski definition) is 1. The highest BCUT2D eigenvalue weighted by atomic mass is 16.5. The number of hydrogen-bond acceptors (Lipinski definition) is 4. The van der Waals surface area contributed by atoms with Crippen molar-refractivity contribution < 1.29 is 4.74 Å². The Labute approximate surface area is 122 Å². The molecule has 1 aliphatic rings. The number of aromatic nitrogens is 1. The summed E-state index contributed by atoms with van der Waals surface area (Å²) in [5.74, 6) is 1.54. The van der Waals surface area contributed by atoms with Gasteiger partial charge >= 0.3 is 0 Å². The molecule has 0 atom stereocenters. The molecule has 2 rings (SSSR count). The van der Waals surface area contributed by atoms with Gasteiger partial charge in [-0.1, -0.05) is 13.8 Å². The van der Waals surface area contributed by atoms with Gasteiger partial charge in [-0.05, 0) is 50.7 Å². The smallest absolute Gasteiger partial charge is 0.239 e. The third-order valence-electron chi connectivity index (χ3n) is 3.89. The van der Waals surface area contributed by atoms with Crippen LogP contribution in [0.3, 0.4) is 0 Å². The van der Waals surface area contributed by atoms with E-state index in [1.54, 1.807) is 0 Å². The Morgan fingerprint density at radius 3 is 2.70 bits per heavy atom. The van der Waals surface area contributed by atoms with E-state index in [1.165, 1.54) is 19.3 Å². The maximum absolute atomic E-state index is 5.94. The molecule has 2 heterocycles. The first-order chi connectivity index (χ1) is 9.37. The summed E-state index contributed by atoms with van der Waals surface area (Å²) >= 11 is 0. The van der Waals surface area contributed by atoms with Crippen LogP contribution in [0.1, 0.15) is 47.0 Å². The summed E-state index contributed by atoms with van der Waals surface area (Å²) < 4.78 is 5.69. The van der Waals surface area contributed by atoms with Crippen LogP contribution < -0.4 is 15.4 Å². The Hall–Kier alpha value is -1.45. The molecule has 0 spiro atoms. The predicted octanol–water partition coefficient (Wildman–Crippen LogP) is 3.47. The second-order valence-electron chi connectivity index (χ2n) is 6.74. The van der Waals surface area contributed by atoms with Crippen molar-refractivity contribution in [3.05, 3.63) is 12.1 Å². The fourth-order valence-electron chi connectivity index (χ4n) is 2.59. The first-order valence-electron chi connectivity index (χ1n) is 7.55. The van der Waals surface area contributed by atoms with Crippen molar-refractivity contribution in [1.29, 1.82) is 0 Å². The van der Waals surface area contributed by atoms with Gasteiger partial charge in [0, 0.05) is 13.1 Å². The molecule has 0 bridgehead atoms. The summed E-state index contributed by atoms with van der Waals surface area (Å²) in [7, 11) is 0. The van der Waals surface area contributed by atoms with Gasteiger partial charge in [0.2, 0.25) is 5.88 Å². The van der Waals surface area contributed by atoms with Gasteiger partial charge < -0.3 is 15.4 Å². The highest BCUT2D eigenvalue weighted by Crippen LogP contribution is 2.32. The molecule has 20 heavy (non-hydrogen) atoms. The van der Waals surface area contributed by atoms with Gasteiger partial charge in [0.05, 0.1) is 11.8 Å². The molecular weight excluding hydrogens is 250 g/mol. The van der Waals surface area contributed by atoms with E-state index in [0.717, 1.165) is 18.9 Å². The lowest BCUT2D eigenvalue weighted by atomic mass is 9.85. The van der Waals surface area contributed by atoms with Crippen molar-refractivity contribution in [3.8, 4) is 5.88 Å². The van der Waals surface area contributed by atoms with Crippen molar-refractivity contribution in [1.82, 2.24) is 4.98 Å². The Kier molecular flexibility index (Phi) is 4.41. The largest absolute Gasteiger partial charge is 0.473 e. The minimum Gasteiger partial charge on any atom is -0.473 e. The van der Waals surface area contributed by atoms with E-state index >= 15 is 0 Å². The van der Waals surface area contributed by atoms with Crippen LogP contribution in [0.2, 0.25) is 0 Å². The van der Waals surface area contributed by atoms with Gasteiger partial charge in [-0.3, -0.25) is 0 Å².